The molecule has 144 valence electrons. The van der Waals surface area contributed by atoms with Crippen LogP contribution in [0.25, 0.3) is 0 Å². The van der Waals surface area contributed by atoms with Gasteiger partial charge in [0.2, 0.25) is 11.9 Å². The average Bonchev–Trinajstić information content (AvgIpc) is 2.80. The van der Waals surface area contributed by atoms with Gasteiger partial charge in [0.1, 0.15) is 0 Å². The number of amides is 1. The normalized spacial score (nSPS) is 13.6. The molecule has 3 heterocycles. The van der Waals surface area contributed by atoms with E-state index >= 15 is 0 Å². The molecule has 0 aliphatic carbocycles. The molecule has 0 bridgehead atoms. The standard InChI is InChI=1S/C20H18N8O/c21-12-15-3-1-4-17(11-15)26-19-24-13-16(14-25-19)18(29)27-7-9-28(10-8-27)20-22-5-2-6-23-20/h1-6,11,13-14H,7-10H2,(H,24,25,26). The molecule has 1 N–H and O–H groups in total. The predicted molar refractivity (Wildman–Crippen MR) is 107 cm³/mol. The fourth-order valence-corrected chi connectivity index (χ4v) is 3.05. The number of nitriles is 1. The molecule has 1 saturated heterocycles. The van der Waals surface area contributed by atoms with Gasteiger partial charge in [0.05, 0.1) is 17.2 Å². The summed E-state index contributed by atoms with van der Waals surface area (Å²) in [4.78, 5) is 33.5. The van der Waals surface area contributed by atoms with E-state index in [0.717, 1.165) is 0 Å². The molecule has 9 heteroatoms. The van der Waals surface area contributed by atoms with Crippen molar-refractivity contribution in [2.24, 2.45) is 0 Å². The number of piperazine rings is 1. The van der Waals surface area contributed by atoms with E-state index < -0.39 is 0 Å². The average molecular weight is 386 g/mol. The number of nitrogens with zero attached hydrogens (tertiary/aromatic N) is 7. The Bertz CT molecular complexity index is 1020. The minimum absolute atomic E-state index is 0.100. The van der Waals surface area contributed by atoms with Crippen LogP contribution in [-0.2, 0) is 0 Å². The van der Waals surface area contributed by atoms with Crippen LogP contribution in [0, 0.1) is 11.3 Å². The van der Waals surface area contributed by atoms with E-state index in [1.807, 2.05) is 6.07 Å². The van der Waals surface area contributed by atoms with Gasteiger partial charge in [-0.2, -0.15) is 5.26 Å². The van der Waals surface area contributed by atoms with Crippen LogP contribution in [0.2, 0.25) is 0 Å². The van der Waals surface area contributed by atoms with Crippen molar-refractivity contribution >= 4 is 23.5 Å². The molecule has 1 aliphatic heterocycles. The lowest BCUT2D eigenvalue weighted by atomic mass is 10.2. The van der Waals surface area contributed by atoms with Gasteiger partial charge in [0.25, 0.3) is 5.91 Å². The van der Waals surface area contributed by atoms with E-state index in [1.165, 1.54) is 12.4 Å². The second-order valence-corrected chi connectivity index (χ2v) is 6.44. The number of carbonyl (C=O) groups is 1. The Morgan fingerprint density at radius 1 is 1.00 bits per heavy atom. The molecule has 4 rings (SSSR count). The number of anilines is 3. The number of benzene rings is 1. The smallest absolute Gasteiger partial charge is 0.257 e. The number of nitrogens with one attached hydrogen (secondary N) is 1. The molecule has 0 spiro atoms. The third-order valence-electron chi connectivity index (χ3n) is 4.55. The Kier molecular flexibility index (Phi) is 5.25. The monoisotopic (exact) mass is 386 g/mol. The van der Waals surface area contributed by atoms with Crippen molar-refractivity contribution in [1.29, 1.82) is 5.26 Å². The third kappa shape index (κ3) is 4.27. The first kappa shape index (κ1) is 18.3. The van der Waals surface area contributed by atoms with Crippen LogP contribution in [0.3, 0.4) is 0 Å². The van der Waals surface area contributed by atoms with Crippen LogP contribution in [0.4, 0.5) is 17.6 Å². The Hall–Kier alpha value is -4.06. The topological polar surface area (TPSA) is 111 Å². The summed E-state index contributed by atoms with van der Waals surface area (Å²) in [5.41, 5.74) is 1.69. The van der Waals surface area contributed by atoms with Crippen LogP contribution in [0.1, 0.15) is 15.9 Å². The summed E-state index contributed by atoms with van der Waals surface area (Å²) in [7, 11) is 0. The third-order valence-corrected chi connectivity index (χ3v) is 4.55. The second-order valence-electron chi connectivity index (χ2n) is 6.44. The van der Waals surface area contributed by atoms with Crippen LogP contribution < -0.4 is 10.2 Å². The van der Waals surface area contributed by atoms with Crippen molar-refractivity contribution in [1.82, 2.24) is 24.8 Å². The molecule has 9 nitrogen and oxygen atoms in total. The first-order valence-electron chi connectivity index (χ1n) is 9.13. The number of aromatic nitrogens is 4. The highest BCUT2D eigenvalue weighted by Crippen LogP contribution is 2.16. The molecule has 1 fully saturated rings. The summed E-state index contributed by atoms with van der Waals surface area (Å²) in [6.07, 6.45) is 6.45. The highest BCUT2D eigenvalue weighted by Gasteiger charge is 2.23. The van der Waals surface area contributed by atoms with Crippen LogP contribution in [-0.4, -0.2) is 56.9 Å². The summed E-state index contributed by atoms with van der Waals surface area (Å²) in [5, 5.41) is 12.0. The maximum absolute atomic E-state index is 12.7. The van der Waals surface area contributed by atoms with E-state index in [9.17, 15) is 4.79 Å². The van der Waals surface area contributed by atoms with Gasteiger partial charge in [-0.3, -0.25) is 4.79 Å². The molecule has 1 aliphatic rings. The second kappa shape index (κ2) is 8.31. The first-order valence-corrected chi connectivity index (χ1v) is 9.13. The van der Waals surface area contributed by atoms with Crippen molar-refractivity contribution in [2.75, 3.05) is 36.4 Å². The Morgan fingerprint density at radius 2 is 1.72 bits per heavy atom. The van der Waals surface area contributed by atoms with Crippen molar-refractivity contribution in [3.05, 3.63) is 66.2 Å². The Labute approximate surface area is 167 Å². The maximum Gasteiger partial charge on any atom is 0.257 e. The highest BCUT2D eigenvalue weighted by molar-refractivity contribution is 5.93. The molecule has 0 saturated carbocycles. The number of rotatable bonds is 4. The fourth-order valence-electron chi connectivity index (χ4n) is 3.05. The van der Waals surface area contributed by atoms with Crippen LogP contribution >= 0.6 is 0 Å². The number of hydrogen-bond donors (Lipinski definition) is 1. The molecule has 1 amide bonds. The minimum atomic E-state index is -0.100. The summed E-state index contributed by atoms with van der Waals surface area (Å²) >= 11 is 0. The summed E-state index contributed by atoms with van der Waals surface area (Å²) in [6.45, 7) is 2.51. The molecule has 0 atom stereocenters. The van der Waals surface area contributed by atoms with Crippen molar-refractivity contribution in [3.63, 3.8) is 0 Å². The first-order chi connectivity index (χ1) is 14.2. The summed E-state index contributed by atoms with van der Waals surface area (Å²) in [5.74, 6) is 0.943. The summed E-state index contributed by atoms with van der Waals surface area (Å²) < 4.78 is 0. The Balaban J connectivity index is 1.36. The fraction of sp³-hybridized carbons (Fsp3) is 0.200. The zero-order valence-corrected chi connectivity index (χ0v) is 15.6. The molecule has 29 heavy (non-hydrogen) atoms. The quantitative estimate of drug-likeness (QED) is 0.723. The molecule has 0 unspecified atom stereocenters. The number of carbonyl (C=O) groups excluding carboxylic acids is 1. The lowest BCUT2D eigenvalue weighted by Crippen LogP contribution is -2.49. The zero-order valence-electron chi connectivity index (χ0n) is 15.6. The molecule has 1 aromatic carbocycles. The van der Waals surface area contributed by atoms with Gasteiger partial charge >= 0.3 is 0 Å². The van der Waals surface area contributed by atoms with Crippen molar-refractivity contribution < 1.29 is 4.79 Å². The molecule has 2 aromatic heterocycles. The van der Waals surface area contributed by atoms with E-state index in [-0.39, 0.29) is 5.91 Å². The Morgan fingerprint density at radius 3 is 2.41 bits per heavy atom. The van der Waals surface area contributed by atoms with E-state index in [0.29, 0.717) is 54.9 Å². The minimum Gasteiger partial charge on any atom is -0.337 e. The van der Waals surface area contributed by atoms with Gasteiger partial charge in [-0.15, -0.1) is 0 Å². The molecule has 0 radical (unpaired) electrons. The van der Waals surface area contributed by atoms with E-state index in [2.05, 4.69) is 36.2 Å². The van der Waals surface area contributed by atoms with Gasteiger partial charge in [-0.05, 0) is 24.3 Å². The highest BCUT2D eigenvalue weighted by atomic mass is 16.2. The summed E-state index contributed by atoms with van der Waals surface area (Å²) in [6, 6.07) is 10.9. The zero-order chi connectivity index (χ0) is 20.1. The molecule has 3 aromatic rings. The molecular weight excluding hydrogens is 368 g/mol. The van der Waals surface area contributed by atoms with Gasteiger partial charge in [0, 0.05) is 56.7 Å². The van der Waals surface area contributed by atoms with Gasteiger partial charge in [0.15, 0.2) is 0 Å². The van der Waals surface area contributed by atoms with Gasteiger partial charge < -0.3 is 15.1 Å². The molecular formula is C20H18N8O. The SMILES string of the molecule is N#Cc1cccc(Nc2ncc(C(=O)N3CCN(c4ncccn4)CC3)cn2)c1. The lowest BCUT2D eigenvalue weighted by molar-refractivity contribution is 0.0745. The van der Waals surface area contributed by atoms with E-state index in [4.69, 9.17) is 5.26 Å². The predicted octanol–water partition coefficient (Wildman–Crippen LogP) is 1.84. The maximum atomic E-state index is 12.7. The number of hydrogen-bond acceptors (Lipinski definition) is 8. The van der Waals surface area contributed by atoms with Crippen molar-refractivity contribution in [3.8, 4) is 6.07 Å². The van der Waals surface area contributed by atoms with Crippen LogP contribution in [0.15, 0.2) is 55.1 Å². The van der Waals surface area contributed by atoms with Gasteiger partial charge in [-0.1, -0.05) is 6.07 Å². The van der Waals surface area contributed by atoms with Crippen LogP contribution in [0.5, 0.6) is 0 Å². The largest absolute Gasteiger partial charge is 0.337 e. The van der Waals surface area contributed by atoms with E-state index in [1.54, 1.807) is 41.6 Å². The van der Waals surface area contributed by atoms with Gasteiger partial charge in [-0.25, -0.2) is 19.9 Å². The lowest BCUT2D eigenvalue weighted by Gasteiger charge is -2.34. The van der Waals surface area contributed by atoms with Crippen molar-refractivity contribution in [2.45, 2.75) is 0 Å².